The summed E-state index contributed by atoms with van der Waals surface area (Å²) in [6.07, 6.45) is 4.52. The fourth-order valence-electron chi connectivity index (χ4n) is 3.56. The number of hydrogen-bond acceptors (Lipinski definition) is 3. The number of nitrogens with one attached hydrogen (secondary N) is 1. The van der Waals surface area contributed by atoms with Gasteiger partial charge in [-0.1, -0.05) is 28.1 Å². The van der Waals surface area contributed by atoms with Crippen LogP contribution in [0, 0.1) is 0 Å². The van der Waals surface area contributed by atoms with E-state index in [1.54, 1.807) is 18.0 Å². The van der Waals surface area contributed by atoms with E-state index in [-0.39, 0.29) is 22.9 Å². The number of benzene rings is 2. The van der Waals surface area contributed by atoms with Gasteiger partial charge in [-0.25, -0.2) is 0 Å². The number of nitrogens with zero attached hydrogens (tertiary/aromatic N) is 1. The van der Waals surface area contributed by atoms with Gasteiger partial charge >= 0.3 is 0 Å². The molecule has 1 N–H and O–H groups in total. The summed E-state index contributed by atoms with van der Waals surface area (Å²) in [5.41, 5.74) is 2.73. The first-order valence-corrected chi connectivity index (χ1v) is 10.3. The smallest absolute Gasteiger partial charge is 0.261 e. The fraction of sp³-hybridized carbons (Fsp3) is 0.200. The van der Waals surface area contributed by atoms with Crippen molar-refractivity contribution in [2.75, 3.05) is 11.6 Å². The van der Waals surface area contributed by atoms with Crippen molar-refractivity contribution >= 4 is 50.2 Å². The van der Waals surface area contributed by atoms with E-state index >= 15 is 0 Å². The maximum Gasteiger partial charge on any atom is 0.261 e. The number of aromatic nitrogens is 1. The van der Waals surface area contributed by atoms with Gasteiger partial charge in [-0.2, -0.15) is 0 Å². The maximum atomic E-state index is 13.0. The van der Waals surface area contributed by atoms with Crippen LogP contribution < -0.4 is 10.7 Å². The molecule has 4 rings (SSSR count). The normalized spacial score (nSPS) is 15.4. The molecule has 1 aliphatic heterocycles. The van der Waals surface area contributed by atoms with Gasteiger partial charge in [0.15, 0.2) is 0 Å². The number of pyridine rings is 1. The first-order chi connectivity index (χ1) is 12.5. The molecule has 2 aromatic carbocycles. The van der Waals surface area contributed by atoms with Crippen molar-refractivity contribution in [2.45, 2.75) is 24.3 Å². The molecule has 4 nitrogen and oxygen atoms in total. The van der Waals surface area contributed by atoms with E-state index in [9.17, 15) is 9.59 Å². The third-order valence-electron chi connectivity index (χ3n) is 4.76. The van der Waals surface area contributed by atoms with Crippen molar-refractivity contribution < 1.29 is 4.79 Å². The van der Waals surface area contributed by atoms with E-state index in [0.29, 0.717) is 11.1 Å². The SMILES string of the molecule is CSc1ccccc1NC(=O)c1cn2c3c(cc(Br)cc3c1=O)C[C@@H]2C. The van der Waals surface area contributed by atoms with Gasteiger partial charge in [0.25, 0.3) is 5.91 Å². The topological polar surface area (TPSA) is 51.1 Å². The van der Waals surface area contributed by atoms with Crippen molar-refractivity contribution in [1.82, 2.24) is 4.57 Å². The van der Waals surface area contributed by atoms with Crippen LogP contribution in [-0.2, 0) is 6.42 Å². The van der Waals surface area contributed by atoms with Gasteiger partial charge in [0.2, 0.25) is 5.43 Å². The Morgan fingerprint density at radius 1 is 1.31 bits per heavy atom. The molecular weight excluding hydrogens is 412 g/mol. The quantitative estimate of drug-likeness (QED) is 0.606. The van der Waals surface area contributed by atoms with Gasteiger partial charge in [-0.15, -0.1) is 11.8 Å². The van der Waals surface area contributed by atoms with Crippen LogP contribution in [0.3, 0.4) is 0 Å². The zero-order valence-electron chi connectivity index (χ0n) is 14.4. The molecule has 0 unspecified atom stereocenters. The van der Waals surface area contributed by atoms with Crippen molar-refractivity contribution in [3.63, 3.8) is 0 Å². The Balaban J connectivity index is 1.84. The molecule has 0 fully saturated rings. The summed E-state index contributed by atoms with van der Waals surface area (Å²) in [7, 11) is 0. The third kappa shape index (κ3) is 2.77. The van der Waals surface area contributed by atoms with Crippen molar-refractivity contribution in [1.29, 1.82) is 0 Å². The fourth-order valence-corrected chi connectivity index (χ4v) is 4.62. The number of thioether (sulfide) groups is 1. The van der Waals surface area contributed by atoms with Crippen molar-refractivity contribution in [3.05, 3.63) is 68.4 Å². The maximum absolute atomic E-state index is 13.0. The van der Waals surface area contributed by atoms with Crippen LogP contribution in [0.5, 0.6) is 0 Å². The zero-order valence-corrected chi connectivity index (χ0v) is 16.8. The molecule has 1 aliphatic rings. The second-order valence-corrected chi connectivity index (χ2v) is 8.21. The molecule has 0 saturated heterocycles. The average Bonchev–Trinajstić information content (AvgIpc) is 2.93. The van der Waals surface area contributed by atoms with Crippen LogP contribution in [-0.4, -0.2) is 16.7 Å². The number of carbonyl (C=O) groups excluding carboxylic acids is 1. The largest absolute Gasteiger partial charge is 0.343 e. The second kappa shape index (κ2) is 6.59. The molecule has 3 aromatic rings. The van der Waals surface area contributed by atoms with E-state index in [1.807, 2.05) is 41.2 Å². The lowest BCUT2D eigenvalue weighted by atomic mass is 10.1. The first kappa shape index (κ1) is 17.4. The van der Waals surface area contributed by atoms with E-state index in [0.717, 1.165) is 26.9 Å². The minimum Gasteiger partial charge on any atom is -0.343 e. The van der Waals surface area contributed by atoms with Crippen LogP contribution >= 0.6 is 27.7 Å². The molecular formula is C20H17BrN2O2S. The van der Waals surface area contributed by atoms with Gasteiger partial charge in [-0.05, 0) is 49.4 Å². The van der Waals surface area contributed by atoms with Gasteiger partial charge in [-0.3, -0.25) is 9.59 Å². The lowest BCUT2D eigenvalue weighted by Gasteiger charge is -2.13. The molecule has 0 bridgehead atoms. The van der Waals surface area contributed by atoms with Crippen LogP contribution in [0.15, 0.2) is 56.8 Å². The lowest BCUT2D eigenvalue weighted by Crippen LogP contribution is -2.24. The molecule has 6 heteroatoms. The number of para-hydroxylation sites is 1. The first-order valence-electron chi connectivity index (χ1n) is 8.31. The van der Waals surface area contributed by atoms with E-state index in [4.69, 9.17) is 0 Å². The molecule has 1 aromatic heterocycles. The summed E-state index contributed by atoms with van der Waals surface area (Å²) in [6, 6.07) is 11.7. The molecule has 0 spiro atoms. The number of hydrogen-bond donors (Lipinski definition) is 1. The lowest BCUT2D eigenvalue weighted by molar-refractivity contribution is 0.102. The summed E-state index contributed by atoms with van der Waals surface area (Å²) >= 11 is 5.04. The van der Waals surface area contributed by atoms with Gasteiger partial charge in [0.1, 0.15) is 5.56 Å². The number of rotatable bonds is 3. The number of amides is 1. The highest BCUT2D eigenvalue weighted by molar-refractivity contribution is 9.10. The molecule has 0 radical (unpaired) electrons. The Bertz CT molecular complexity index is 1110. The molecule has 0 saturated carbocycles. The zero-order chi connectivity index (χ0) is 18.4. The van der Waals surface area contributed by atoms with Crippen molar-refractivity contribution in [3.8, 4) is 0 Å². The third-order valence-corrected chi connectivity index (χ3v) is 6.01. The predicted molar refractivity (Wildman–Crippen MR) is 110 cm³/mol. The summed E-state index contributed by atoms with van der Waals surface area (Å²) in [5.74, 6) is -0.372. The average molecular weight is 429 g/mol. The van der Waals surface area contributed by atoms with E-state index in [1.165, 1.54) is 0 Å². The van der Waals surface area contributed by atoms with Crippen LogP contribution in [0.25, 0.3) is 10.9 Å². The van der Waals surface area contributed by atoms with Crippen LogP contribution in [0.1, 0.15) is 28.9 Å². The number of carbonyl (C=O) groups is 1. The molecule has 1 atom stereocenters. The second-order valence-electron chi connectivity index (χ2n) is 6.45. The van der Waals surface area contributed by atoms with Crippen LogP contribution in [0.4, 0.5) is 5.69 Å². The summed E-state index contributed by atoms with van der Waals surface area (Å²) in [6.45, 7) is 2.10. The molecule has 0 aliphatic carbocycles. The molecule has 132 valence electrons. The van der Waals surface area contributed by atoms with E-state index < -0.39 is 0 Å². The predicted octanol–water partition coefficient (Wildman–Crippen LogP) is 4.86. The Morgan fingerprint density at radius 3 is 2.85 bits per heavy atom. The number of halogens is 1. The highest BCUT2D eigenvalue weighted by atomic mass is 79.9. The molecule has 1 amide bonds. The monoisotopic (exact) mass is 428 g/mol. The van der Waals surface area contributed by atoms with Gasteiger partial charge in [0, 0.05) is 27.0 Å². The summed E-state index contributed by atoms with van der Waals surface area (Å²) in [5, 5.41) is 3.48. The van der Waals surface area contributed by atoms with Crippen LogP contribution in [0.2, 0.25) is 0 Å². The Kier molecular flexibility index (Phi) is 4.40. The molecule has 2 heterocycles. The van der Waals surface area contributed by atoms with Gasteiger partial charge in [0.05, 0.1) is 11.2 Å². The Morgan fingerprint density at radius 2 is 2.08 bits per heavy atom. The van der Waals surface area contributed by atoms with E-state index in [2.05, 4.69) is 34.2 Å². The highest BCUT2D eigenvalue weighted by Crippen LogP contribution is 2.33. The van der Waals surface area contributed by atoms with Crippen molar-refractivity contribution in [2.24, 2.45) is 0 Å². The Hall–Kier alpha value is -2.05. The Labute approximate surface area is 163 Å². The standard InChI is InChI=1S/C20H17BrN2O2S/c1-11-7-12-8-13(21)9-14-18(12)23(11)10-15(19(14)24)20(25)22-16-5-3-4-6-17(16)26-2/h3-6,8-11H,7H2,1-2H3,(H,22,25)/t11-/m0/s1. The molecule has 26 heavy (non-hydrogen) atoms. The highest BCUT2D eigenvalue weighted by Gasteiger charge is 2.25. The van der Waals surface area contributed by atoms with Gasteiger partial charge < -0.3 is 9.88 Å². The summed E-state index contributed by atoms with van der Waals surface area (Å²) in [4.78, 5) is 26.8. The number of anilines is 1. The minimum atomic E-state index is -0.372. The summed E-state index contributed by atoms with van der Waals surface area (Å²) < 4.78 is 2.91. The minimum absolute atomic E-state index is 0.172.